The lowest BCUT2D eigenvalue weighted by atomic mass is 10.4. The Morgan fingerprint density at radius 3 is 2.59 bits per heavy atom. The summed E-state index contributed by atoms with van der Waals surface area (Å²) in [7, 11) is 3.84. The van der Waals surface area contributed by atoms with E-state index in [1.54, 1.807) is 6.07 Å². The van der Waals surface area contributed by atoms with Crippen LogP contribution >= 0.6 is 0 Å². The Bertz CT molecular complexity index is 630. The summed E-state index contributed by atoms with van der Waals surface area (Å²) >= 11 is 0. The molecule has 8 nitrogen and oxygen atoms in total. The maximum absolute atomic E-state index is 11.8. The van der Waals surface area contributed by atoms with Crippen molar-refractivity contribution in [2.24, 2.45) is 0 Å². The van der Waals surface area contributed by atoms with Gasteiger partial charge in [0.05, 0.1) is 0 Å². The molecule has 2 rings (SSSR count). The number of anilines is 2. The van der Waals surface area contributed by atoms with Crippen LogP contribution in [-0.2, 0) is 0 Å². The molecule has 8 heteroatoms. The van der Waals surface area contributed by atoms with Gasteiger partial charge in [0.2, 0.25) is 5.82 Å². The molecular weight excluding hydrogens is 282 g/mol. The summed E-state index contributed by atoms with van der Waals surface area (Å²) < 4.78 is 0. The number of hydrogen-bond donors (Lipinski definition) is 2. The third-order valence-corrected chi connectivity index (χ3v) is 2.77. The van der Waals surface area contributed by atoms with Crippen LogP contribution in [0.2, 0.25) is 0 Å². The summed E-state index contributed by atoms with van der Waals surface area (Å²) in [6, 6.07) is 3.52. The second-order valence-electron chi connectivity index (χ2n) is 4.81. The van der Waals surface area contributed by atoms with E-state index in [9.17, 15) is 4.79 Å². The van der Waals surface area contributed by atoms with Crippen LogP contribution in [0.25, 0.3) is 0 Å². The van der Waals surface area contributed by atoms with Crippen LogP contribution in [0.5, 0.6) is 0 Å². The van der Waals surface area contributed by atoms with E-state index in [4.69, 9.17) is 0 Å². The first-order valence-corrected chi connectivity index (χ1v) is 6.88. The maximum atomic E-state index is 11.8. The van der Waals surface area contributed by atoms with Gasteiger partial charge in [-0.2, -0.15) is 0 Å². The highest BCUT2D eigenvalue weighted by Gasteiger charge is 2.07. The van der Waals surface area contributed by atoms with E-state index in [0.29, 0.717) is 18.9 Å². The third kappa shape index (κ3) is 4.37. The minimum absolute atomic E-state index is 0.162. The largest absolute Gasteiger partial charge is 0.368 e. The van der Waals surface area contributed by atoms with Gasteiger partial charge >= 0.3 is 0 Å². The molecule has 0 aromatic carbocycles. The first kappa shape index (κ1) is 15.6. The second kappa shape index (κ2) is 7.30. The molecule has 0 saturated carbocycles. The molecule has 0 aliphatic heterocycles. The number of nitrogens with one attached hydrogen (secondary N) is 2. The zero-order valence-electron chi connectivity index (χ0n) is 12.9. The van der Waals surface area contributed by atoms with Crippen molar-refractivity contribution in [1.82, 2.24) is 25.3 Å². The molecule has 0 bridgehead atoms. The van der Waals surface area contributed by atoms with Crippen LogP contribution in [0.3, 0.4) is 0 Å². The molecule has 0 unspecified atom stereocenters. The predicted octanol–water partition coefficient (Wildman–Crippen LogP) is 0.483. The summed E-state index contributed by atoms with van der Waals surface area (Å²) in [6.07, 6.45) is 3.07. The molecule has 2 aromatic rings. The number of aryl methyl sites for hydroxylation is 1. The Balaban J connectivity index is 1.83. The van der Waals surface area contributed by atoms with Crippen LogP contribution in [0.1, 0.15) is 16.4 Å². The molecule has 116 valence electrons. The van der Waals surface area contributed by atoms with E-state index in [1.807, 2.05) is 32.0 Å². The zero-order valence-corrected chi connectivity index (χ0v) is 12.9. The fraction of sp³-hybridized carbons (Fsp3) is 0.357. The van der Waals surface area contributed by atoms with Gasteiger partial charge in [0, 0.05) is 45.6 Å². The Hall–Kier alpha value is -2.77. The Morgan fingerprint density at radius 1 is 1.18 bits per heavy atom. The highest BCUT2D eigenvalue weighted by Crippen LogP contribution is 2.12. The van der Waals surface area contributed by atoms with Crippen LogP contribution in [-0.4, -0.2) is 53.0 Å². The first-order valence-electron chi connectivity index (χ1n) is 6.88. The third-order valence-electron chi connectivity index (χ3n) is 2.77. The fourth-order valence-corrected chi connectivity index (χ4v) is 1.73. The summed E-state index contributed by atoms with van der Waals surface area (Å²) in [5.74, 6) is 2.11. The van der Waals surface area contributed by atoms with E-state index < -0.39 is 0 Å². The minimum atomic E-state index is -0.296. The normalized spacial score (nSPS) is 10.1. The molecule has 0 aliphatic carbocycles. The smallest absolute Gasteiger partial charge is 0.289 e. The highest BCUT2D eigenvalue weighted by molar-refractivity contribution is 5.90. The monoisotopic (exact) mass is 301 g/mol. The van der Waals surface area contributed by atoms with E-state index in [0.717, 1.165) is 11.6 Å². The standard InChI is InChI=1S/C14H19N7O/c1-10-19-11(9-12(20-10)21(2)3)15-7-8-18-14(22)13-16-5-4-6-17-13/h4-6,9H,7-8H2,1-3H3,(H,18,22)(H,15,19,20). The van der Waals surface area contributed by atoms with Crippen molar-refractivity contribution in [3.63, 3.8) is 0 Å². The van der Waals surface area contributed by atoms with Gasteiger partial charge in [0.15, 0.2) is 0 Å². The van der Waals surface area contributed by atoms with Gasteiger partial charge in [-0.05, 0) is 13.0 Å². The van der Waals surface area contributed by atoms with Crippen molar-refractivity contribution < 1.29 is 4.79 Å². The van der Waals surface area contributed by atoms with Crippen molar-refractivity contribution in [2.75, 3.05) is 37.4 Å². The average Bonchev–Trinajstić information content (AvgIpc) is 2.51. The van der Waals surface area contributed by atoms with Crippen LogP contribution in [0.15, 0.2) is 24.5 Å². The molecule has 1 amide bonds. The maximum Gasteiger partial charge on any atom is 0.289 e. The van der Waals surface area contributed by atoms with Crippen LogP contribution in [0, 0.1) is 6.92 Å². The lowest BCUT2D eigenvalue weighted by Crippen LogP contribution is -2.30. The fourth-order valence-electron chi connectivity index (χ4n) is 1.73. The van der Waals surface area contributed by atoms with E-state index in [2.05, 4.69) is 30.6 Å². The van der Waals surface area contributed by atoms with Crippen molar-refractivity contribution >= 4 is 17.5 Å². The second-order valence-corrected chi connectivity index (χ2v) is 4.81. The molecule has 0 radical (unpaired) electrons. The molecule has 0 saturated heterocycles. The number of hydrogen-bond acceptors (Lipinski definition) is 7. The summed E-state index contributed by atoms with van der Waals surface area (Å²) in [4.78, 5) is 30.1. The van der Waals surface area contributed by atoms with E-state index in [-0.39, 0.29) is 11.7 Å². The first-order chi connectivity index (χ1) is 10.6. The molecule has 0 fully saturated rings. The van der Waals surface area contributed by atoms with Gasteiger partial charge in [-0.3, -0.25) is 4.79 Å². The number of carbonyl (C=O) groups excluding carboxylic acids is 1. The van der Waals surface area contributed by atoms with Crippen molar-refractivity contribution in [1.29, 1.82) is 0 Å². The Morgan fingerprint density at radius 2 is 1.91 bits per heavy atom. The number of rotatable bonds is 6. The molecule has 0 atom stereocenters. The molecule has 2 heterocycles. The SMILES string of the molecule is Cc1nc(NCCNC(=O)c2ncccn2)cc(N(C)C)n1. The highest BCUT2D eigenvalue weighted by atomic mass is 16.2. The number of amides is 1. The number of aromatic nitrogens is 4. The molecule has 0 aliphatic rings. The minimum Gasteiger partial charge on any atom is -0.368 e. The van der Waals surface area contributed by atoms with E-state index in [1.165, 1.54) is 12.4 Å². The van der Waals surface area contributed by atoms with Crippen molar-refractivity contribution in [2.45, 2.75) is 6.92 Å². The van der Waals surface area contributed by atoms with E-state index >= 15 is 0 Å². The number of nitrogens with zero attached hydrogens (tertiary/aromatic N) is 5. The topological polar surface area (TPSA) is 95.9 Å². The molecular formula is C14H19N7O. The summed E-state index contributed by atoms with van der Waals surface area (Å²) in [6.45, 7) is 2.83. The lowest BCUT2D eigenvalue weighted by molar-refractivity contribution is 0.0944. The van der Waals surface area contributed by atoms with Crippen molar-refractivity contribution in [3.05, 3.63) is 36.2 Å². The van der Waals surface area contributed by atoms with Crippen LogP contribution in [0.4, 0.5) is 11.6 Å². The quantitative estimate of drug-likeness (QED) is 0.749. The number of carbonyl (C=O) groups is 1. The molecule has 2 N–H and O–H groups in total. The lowest BCUT2D eigenvalue weighted by Gasteiger charge is -2.14. The van der Waals surface area contributed by atoms with Gasteiger partial charge in [-0.25, -0.2) is 19.9 Å². The van der Waals surface area contributed by atoms with Gasteiger partial charge in [0.1, 0.15) is 17.5 Å². The molecule has 0 spiro atoms. The Kier molecular flexibility index (Phi) is 5.18. The van der Waals surface area contributed by atoms with Gasteiger partial charge < -0.3 is 15.5 Å². The average molecular weight is 301 g/mol. The van der Waals surface area contributed by atoms with Gasteiger partial charge in [0.25, 0.3) is 5.91 Å². The molecule has 22 heavy (non-hydrogen) atoms. The van der Waals surface area contributed by atoms with Gasteiger partial charge in [-0.1, -0.05) is 0 Å². The van der Waals surface area contributed by atoms with Crippen LogP contribution < -0.4 is 15.5 Å². The predicted molar refractivity (Wildman–Crippen MR) is 84.0 cm³/mol. The zero-order chi connectivity index (χ0) is 15.9. The summed E-state index contributed by atoms with van der Waals surface area (Å²) in [5, 5.41) is 5.90. The van der Waals surface area contributed by atoms with Gasteiger partial charge in [-0.15, -0.1) is 0 Å². The summed E-state index contributed by atoms with van der Waals surface area (Å²) in [5.41, 5.74) is 0. The molecule has 2 aromatic heterocycles. The van der Waals surface area contributed by atoms with Crippen molar-refractivity contribution in [3.8, 4) is 0 Å². The Labute approximate surface area is 129 Å².